The molecule has 0 aromatic heterocycles. The van der Waals surface area contributed by atoms with E-state index in [1.807, 2.05) is 123 Å². The van der Waals surface area contributed by atoms with Gasteiger partial charge in [0.25, 0.3) is 0 Å². The second-order valence-corrected chi connectivity index (χ2v) is 11.3. The normalized spacial score (nSPS) is 19.7. The van der Waals surface area contributed by atoms with Crippen LogP contribution in [0, 0.1) is 0 Å². The highest BCUT2D eigenvalue weighted by Gasteiger charge is 2.34. The first-order valence-electron chi connectivity index (χ1n) is 15.0. The molecule has 4 N–H and O–H groups in total. The first-order chi connectivity index (χ1) is 21.4. The van der Waals surface area contributed by atoms with Gasteiger partial charge in [-0.3, -0.25) is 4.90 Å². The van der Waals surface area contributed by atoms with Crippen molar-refractivity contribution in [3.63, 3.8) is 0 Å². The van der Waals surface area contributed by atoms with Gasteiger partial charge < -0.3 is 30.3 Å². The summed E-state index contributed by atoms with van der Waals surface area (Å²) in [6.07, 6.45) is -1.03. The SMILES string of the molecule is C[C@H]([C@@H](O)c1ccccc1)N(C)C[C@@H]1C[C@H](c2ccc(CO)cc2)O[C@H](c2ccc(NC(=O)NCc3ccccc3)cc2)O1. The van der Waals surface area contributed by atoms with Gasteiger partial charge in [0.1, 0.15) is 0 Å². The number of hydrogen-bond donors (Lipinski definition) is 4. The van der Waals surface area contributed by atoms with Crippen LogP contribution in [0.1, 0.15) is 59.7 Å². The van der Waals surface area contributed by atoms with Crippen LogP contribution in [-0.2, 0) is 22.6 Å². The van der Waals surface area contributed by atoms with Crippen LogP contribution in [-0.4, -0.2) is 46.9 Å². The minimum atomic E-state index is -0.636. The molecule has 0 saturated carbocycles. The van der Waals surface area contributed by atoms with E-state index in [9.17, 15) is 15.0 Å². The van der Waals surface area contributed by atoms with Gasteiger partial charge in [0.15, 0.2) is 6.29 Å². The molecule has 0 radical (unpaired) electrons. The van der Waals surface area contributed by atoms with Crippen LogP contribution >= 0.6 is 0 Å². The number of ether oxygens (including phenoxy) is 2. The standard InChI is InChI=1S/C36H41N3O5/c1-25(34(41)29-11-7-4-8-12-29)39(2)23-32-21-33(28-15-13-27(24-40)14-16-28)44-35(43-32)30-17-19-31(20-18-30)38-36(42)37-22-26-9-5-3-6-10-26/h3-20,25,32-35,40-41H,21-24H2,1-2H3,(H2,37,38,42)/t25-,32+,33-,34-,35-/m1/s1. The number of hydrogen-bond acceptors (Lipinski definition) is 6. The number of carbonyl (C=O) groups excluding carboxylic acids is 1. The molecule has 1 heterocycles. The zero-order valence-corrected chi connectivity index (χ0v) is 25.2. The Kier molecular flexibility index (Phi) is 10.8. The summed E-state index contributed by atoms with van der Waals surface area (Å²) in [7, 11) is 2.00. The predicted octanol–water partition coefficient (Wildman–Crippen LogP) is 6.10. The van der Waals surface area contributed by atoms with E-state index in [1.165, 1.54) is 0 Å². The van der Waals surface area contributed by atoms with Gasteiger partial charge in [-0.05, 0) is 48.4 Å². The fraction of sp³-hybridized carbons (Fsp3) is 0.306. The number of carbonyl (C=O) groups is 1. The van der Waals surface area contributed by atoms with Crippen molar-refractivity contribution < 1.29 is 24.5 Å². The first-order valence-corrected chi connectivity index (χ1v) is 15.0. The molecule has 2 amide bonds. The summed E-state index contributed by atoms with van der Waals surface area (Å²) in [6.45, 7) is 3.03. The molecule has 5 atom stereocenters. The maximum absolute atomic E-state index is 12.4. The average molecular weight is 596 g/mol. The van der Waals surface area contributed by atoms with Crippen molar-refractivity contribution in [3.05, 3.63) is 137 Å². The highest BCUT2D eigenvalue weighted by Crippen LogP contribution is 2.38. The molecule has 5 rings (SSSR count). The molecule has 1 saturated heterocycles. The molecule has 230 valence electrons. The molecular formula is C36H41N3O5. The number of rotatable bonds is 11. The van der Waals surface area contributed by atoms with Gasteiger partial charge >= 0.3 is 6.03 Å². The van der Waals surface area contributed by atoms with Crippen LogP contribution in [0.5, 0.6) is 0 Å². The van der Waals surface area contributed by atoms with Crippen molar-refractivity contribution >= 4 is 11.7 Å². The molecule has 1 fully saturated rings. The molecule has 1 aliphatic rings. The van der Waals surface area contributed by atoms with Crippen LogP contribution in [0.2, 0.25) is 0 Å². The lowest BCUT2D eigenvalue weighted by atomic mass is 9.98. The first kappa shape index (κ1) is 31.4. The second kappa shape index (κ2) is 15.1. The smallest absolute Gasteiger partial charge is 0.319 e. The summed E-state index contributed by atoms with van der Waals surface area (Å²) in [4.78, 5) is 14.6. The summed E-state index contributed by atoms with van der Waals surface area (Å²) >= 11 is 0. The van der Waals surface area contributed by atoms with Crippen molar-refractivity contribution in [1.82, 2.24) is 10.2 Å². The Labute approximate surface area is 259 Å². The van der Waals surface area contributed by atoms with E-state index >= 15 is 0 Å². The zero-order valence-electron chi connectivity index (χ0n) is 25.2. The van der Waals surface area contributed by atoms with E-state index in [0.29, 0.717) is 25.2 Å². The van der Waals surface area contributed by atoms with Crippen molar-refractivity contribution in [1.29, 1.82) is 0 Å². The van der Waals surface area contributed by atoms with Crippen molar-refractivity contribution in [2.75, 3.05) is 18.9 Å². The predicted molar refractivity (Wildman–Crippen MR) is 171 cm³/mol. The van der Waals surface area contributed by atoms with Crippen molar-refractivity contribution in [2.45, 2.75) is 57.1 Å². The molecule has 0 bridgehead atoms. The van der Waals surface area contributed by atoms with Crippen LogP contribution in [0.15, 0.2) is 109 Å². The summed E-state index contributed by atoms with van der Waals surface area (Å²) in [6, 6.07) is 34.3. The van der Waals surface area contributed by atoms with E-state index in [1.54, 1.807) is 0 Å². The third kappa shape index (κ3) is 8.31. The fourth-order valence-corrected chi connectivity index (χ4v) is 5.37. The minimum Gasteiger partial charge on any atom is -0.392 e. The Morgan fingerprint density at radius 2 is 1.50 bits per heavy atom. The van der Waals surface area contributed by atoms with Crippen LogP contribution in [0.3, 0.4) is 0 Å². The lowest BCUT2D eigenvalue weighted by Crippen LogP contribution is -2.43. The number of nitrogens with zero attached hydrogens (tertiary/aromatic N) is 1. The van der Waals surface area contributed by atoms with Gasteiger partial charge in [-0.25, -0.2) is 4.79 Å². The number of aliphatic hydroxyl groups excluding tert-OH is 2. The quantitative estimate of drug-likeness (QED) is 0.167. The summed E-state index contributed by atoms with van der Waals surface area (Å²) in [5.41, 5.74) is 5.24. The van der Waals surface area contributed by atoms with E-state index < -0.39 is 12.4 Å². The Morgan fingerprint density at radius 1 is 0.864 bits per heavy atom. The largest absolute Gasteiger partial charge is 0.392 e. The molecule has 44 heavy (non-hydrogen) atoms. The number of amides is 2. The number of anilines is 1. The summed E-state index contributed by atoms with van der Waals surface area (Å²) in [5.74, 6) is 0. The molecule has 0 aliphatic carbocycles. The van der Waals surface area contributed by atoms with Crippen LogP contribution in [0.25, 0.3) is 0 Å². The van der Waals surface area contributed by atoms with Gasteiger partial charge in [-0.1, -0.05) is 97.1 Å². The van der Waals surface area contributed by atoms with Gasteiger partial charge in [0, 0.05) is 36.8 Å². The minimum absolute atomic E-state index is 0.0166. The molecule has 0 spiro atoms. The van der Waals surface area contributed by atoms with Gasteiger partial charge in [-0.2, -0.15) is 0 Å². The lowest BCUT2D eigenvalue weighted by Gasteiger charge is -2.39. The molecule has 4 aromatic rings. The maximum atomic E-state index is 12.4. The highest BCUT2D eigenvalue weighted by molar-refractivity contribution is 5.89. The van der Waals surface area contributed by atoms with E-state index in [0.717, 1.165) is 27.8 Å². The van der Waals surface area contributed by atoms with Gasteiger partial charge in [0.05, 0.1) is 24.9 Å². The molecule has 0 unspecified atom stereocenters. The molecular weight excluding hydrogens is 554 g/mol. The van der Waals surface area contributed by atoms with E-state index in [-0.39, 0.29) is 30.9 Å². The van der Waals surface area contributed by atoms with Crippen molar-refractivity contribution in [2.24, 2.45) is 0 Å². The van der Waals surface area contributed by atoms with E-state index in [4.69, 9.17) is 9.47 Å². The number of benzene rings is 4. The third-order valence-electron chi connectivity index (χ3n) is 8.14. The zero-order chi connectivity index (χ0) is 30.9. The maximum Gasteiger partial charge on any atom is 0.319 e. The molecule has 4 aromatic carbocycles. The van der Waals surface area contributed by atoms with Gasteiger partial charge in [-0.15, -0.1) is 0 Å². The Hall–Kier alpha value is -4.05. The average Bonchev–Trinajstić information content (AvgIpc) is 3.07. The highest BCUT2D eigenvalue weighted by atomic mass is 16.7. The molecule has 8 heteroatoms. The summed E-state index contributed by atoms with van der Waals surface area (Å²) < 4.78 is 13.0. The van der Waals surface area contributed by atoms with E-state index in [2.05, 4.69) is 15.5 Å². The third-order valence-corrected chi connectivity index (χ3v) is 8.14. The molecule has 1 aliphatic heterocycles. The number of urea groups is 1. The fourth-order valence-electron chi connectivity index (χ4n) is 5.37. The monoisotopic (exact) mass is 595 g/mol. The Bertz CT molecular complexity index is 1450. The Morgan fingerprint density at radius 3 is 2.16 bits per heavy atom. The lowest BCUT2D eigenvalue weighted by molar-refractivity contribution is -0.253. The number of aliphatic hydroxyl groups is 2. The number of nitrogens with one attached hydrogen (secondary N) is 2. The molecule has 8 nitrogen and oxygen atoms in total. The van der Waals surface area contributed by atoms with Crippen molar-refractivity contribution in [3.8, 4) is 0 Å². The Balaban J connectivity index is 1.26. The topological polar surface area (TPSA) is 103 Å². The van der Waals surface area contributed by atoms with Crippen LogP contribution < -0.4 is 10.6 Å². The second-order valence-electron chi connectivity index (χ2n) is 11.3. The van der Waals surface area contributed by atoms with Crippen LogP contribution in [0.4, 0.5) is 10.5 Å². The van der Waals surface area contributed by atoms with Gasteiger partial charge in [0.2, 0.25) is 0 Å². The number of likely N-dealkylation sites (N-methyl/N-ethyl adjacent to an activating group) is 1. The summed E-state index contributed by atoms with van der Waals surface area (Å²) in [5, 5.41) is 26.3.